The van der Waals surface area contributed by atoms with E-state index < -0.39 is 0 Å². The number of carbonyl (C=O) groups is 1. The molecule has 0 radical (unpaired) electrons. The minimum absolute atomic E-state index is 0.0714. The number of nitrogens with one attached hydrogen (secondary N) is 2. The molecule has 3 atom stereocenters. The second-order valence-electron chi connectivity index (χ2n) is 6.69. The monoisotopic (exact) mass is 335 g/mol. The van der Waals surface area contributed by atoms with Gasteiger partial charge in [-0.2, -0.15) is 0 Å². The van der Waals surface area contributed by atoms with Gasteiger partial charge in [-0.15, -0.1) is 0 Å². The molecule has 1 aliphatic heterocycles. The van der Waals surface area contributed by atoms with Crippen molar-refractivity contribution in [1.82, 2.24) is 20.2 Å². The molecule has 1 aliphatic rings. The first kappa shape index (κ1) is 18.6. The van der Waals surface area contributed by atoms with Crippen molar-refractivity contribution >= 4 is 11.9 Å². The van der Waals surface area contributed by atoms with Crippen LogP contribution in [0.1, 0.15) is 27.7 Å². The summed E-state index contributed by atoms with van der Waals surface area (Å²) in [5.41, 5.74) is 0. The molecule has 2 heterocycles. The van der Waals surface area contributed by atoms with Crippen molar-refractivity contribution in [2.24, 2.45) is 5.92 Å². The standard InChI is InChI=1S/C17H29N5O2/c1-12(2)15(22-10-13(3)24-14(4)11-22)16(23)18-8-9-21-17-19-6-5-7-20-17/h5-7,12-15H,8-11H2,1-4H3,(H,18,23)(H,19,20,21)/t13-,14-,15-/m1/s1. The van der Waals surface area contributed by atoms with Gasteiger partial charge in [-0.25, -0.2) is 9.97 Å². The Morgan fingerprint density at radius 1 is 1.25 bits per heavy atom. The van der Waals surface area contributed by atoms with Gasteiger partial charge in [-0.05, 0) is 25.8 Å². The van der Waals surface area contributed by atoms with Gasteiger partial charge in [0.25, 0.3) is 0 Å². The summed E-state index contributed by atoms with van der Waals surface area (Å²) in [5, 5.41) is 6.11. The first-order valence-corrected chi connectivity index (χ1v) is 8.65. The third-order valence-electron chi connectivity index (χ3n) is 4.01. The fourth-order valence-electron chi connectivity index (χ4n) is 3.19. The minimum atomic E-state index is -0.133. The Balaban J connectivity index is 1.83. The van der Waals surface area contributed by atoms with E-state index in [4.69, 9.17) is 4.74 Å². The molecule has 0 bridgehead atoms. The van der Waals surface area contributed by atoms with Crippen LogP contribution in [0.15, 0.2) is 18.5 Å². The number of hydrogen-bond donors (Lipinski definition) is 2. The van der Waals surface area contributed by atoms with Crippen LogP contribution in [0.5, 0.6) is 0 Å². The highest BCUT2D eigenvalue weighted by atomic mass is 16.5. The van der Waals surface area contributed by atoms with Crippen LogP contribution in [0.25, 0.3) is 0 Å². The molecule has 7 nitrogen and oxygen atoms in total. The smallest absolute Gasteiger partial charge is 0.237 e. The predicted molar refractivity (Wildman–Crippen MR) is 93.7 cm³/mol. The number of hydrogen-bond acceptors (Lipinski definition) is 6. The third kappa shape index (κ3) is 5.42. The van der Waals surface area contributed by atoms with E-state index in [0.29, 0.717) is 19.0 Å². The zero-order valence-electron chi connectivity index (χ0n) is 15.0. The second-order valence-corrected chi connectivity index (χ2v) is 6.69. The number of ether oxygens (including phenoxy) is 1. The maximum absolute atomic E-state index is 12.7. The van der Waals surface area contributed by atoms with Crippen molar-refractivity contribution in [1.29, 1.82) is 0 Å². The Morgan fingerprint density at radius 3 is 2.46 bits per heavy atom. The van der Waals surface area contributed by atoms with Crippen LogP contribution in [-0.4, -0.2) is 65.2 Å². The van der Waals surface area contributed by atoms with E-state index in [1.165, 1.54) is 0 Å². The molecule has 0 spiro atoms. The van der Waals surface area contributed by atoms with Crippen LogP contribution in [-0.2, 0) is 9.53 Å². The van der Waals surface area contributed by atoms with Gasteiger partial charge in [0.2, 0.25) is 11.9 Å². The van der Waals surface area contributed by atoms with Gasteiger partial charge in [0.1, 0.15) is 0 Å². The minimum Gasteiger partial charge on any atom is -0.373 e. The lowest BCUT2D eigenvalue weighted by Crippen LogP contribution is -2.57. The van der Waals surface area contributed by atoms with E-state index in [2.05, 4.69) is 53.2 Å². The van der Waals surface area contributed by atoms with E-state index >= 15 is 0 Å². The Hall–Kier alpha value is -1.73. The quantitative estimate of drug-likeness (QED) is 0.728. The zero-order chi connectivity index (χ0) is 17.5. The molecule has 1 amide bonds. The van der Waals surface area contributed by atoms with E-state index in [1.54, 1.807) is 18.5 Å². The van der Waals surface area contributed by atoms with E-state index in [-0.39, 0.29) is 30.1 Å². The Labute approximate surface area is 144 Å². The number of carbonyl (C=O) groups excluding carboxylic acids is 1. The fraction of sp³-hybridized carbons (Fsp3) is 0.706. The van der Waals surface area contributed by atoms with Crippen LogP contribution in [0.3, 0.4) is 0 Å². The molecule has 2 N–H and O–H groups in total. The molecule has 7 heteroatoms. The van der Waals surface area contributed by atoms with Crippen LogP contribution in [0, 0.1) is 5.92 Å². The summed E-state index contributed by atoms with van der Waals surface area (Å²) in [6, 6.07) is 1.64. The Kier molecular flexibility index (Phi) is 6.93. The molecule has 1 aromatic heterocycles. The zero-order valence-corrected chi connectivity index (χ0v) is 15.0. The SMILES string of the molecule is CC(C)[C@H](C(=O)NCCNc1ncccn1)N1C[C@@H](C)O[C@H](C)C1. The molecule has 24 heavy (non-hydrogen) atoms. The molecule has 2 rings (SSSR count). The van der Waals surface area contributed by atoms with Gasteiger partial charge >= 0.3 is 0 Å². The molecular weight excluding hydrogens is 306 g/mol. The van der Waals surface area contributed by atoms with Crippen LogP contribution in [0.4, 0.5) is 5.95 Å². The Bertz CT molecular complexity index is 501. The average molecular weight is 335 g/mol. The van der Waals surface area contributed by atoms with Gasteiger partial charge in [-0.3, -0.25) is 9.69 Å². The largest absolute Gasteiger partial charge is 0.373 e. The molecule has 134 valence electrons. The lowest BCUT2D eigenvalue weighted by molar-refractivity contribution is -0.135. The van der Waals surface area contributed by atoms with Crippen molar-refractivity contribution < 1.29 is 9.53 Å². The molecule has 1 aromatic rings. The van der Waals surface area contributed by atoms with Crippen molar-refractivity contribution in [3.05, 3.63) is 18.5 Å². The van der Waals surface area contributed by atoms with E-state index in [0.717, 1.165) is 13.1 Å². The molecule has 0 aliphatic carbocycles. The van der Waals surface area contributed by atoms with Gasteiger partial charge in [0.15, 0.2) is 0 Å². The van der Waals surface area contributed by atoms with E-state index in [9.17, 15) is 4.79 Å². The molecular formula is C17H29N5O2. The highest BCUT2D eigenvalue weighted by Gasteiger charge is 2.33. The van der Waals surface area contributed by atoms with Gasteiger partial charge in [0.05, 0.1) is 18.2 Å². The summed E-state index contributed by atoms with van der Waals surface area (Å²) < 4.78 is 5.78. The first-order chi connectivity index (χ1) is 11.5. The summed E-state index contributed by atoms with van der Waals surface area (Å²) in [7, 11) is 0. The summed E-state index contributed by atoms with van der Waals surface area (Å²) in [5.74, 6) is 0.887. The van der Waals surface area contributed by atoms with Gasteiger partial charge in [-0.1, -0.05) is 13.8 Å². The first-order valence-electron chi connectivity index (χ1n) is 8.65. The van der Waals surface area contributed by atoms with Crippen molar-refractivity contribution in [3.63, 3.8) is 0 Å². The molecule has 0 aromatic carbocycles. The van der Waals surface area contributed by atoms with Crippen LogP contribution < -0.4 is 10.6 Å². The van der Waals surface area contributed by atoms with Gasteiger partial charge in [0, 0.05) is 38.6 Å². The maximum Gasteiger partial charge on any atom is 0.237 e. The summed E-state index contributed by atoms with van der Waals surface area (Å²) >= 11 is 0. The molecule has 1 fully saturated rings. The lowest BCUT2D eigenvalue weighted by atomic mass is 9.99. The highest BCUT2D eigenvalue weighted by molar-refractivity contribution is 5.82. The highest BCUT2D eigenvalue weighted by Crippen LogP contribution is 2.18. The van der Waals surface area contributed by atoms with Crippen molar-refractivity contribution in [3.8, 4) is 0 Å². The number of aromatic nitrogens is 2. The van der Waals surface area contributed by atoms with Crippen molar-refractivity contribution in [2.75, 3.05) is 31.5 Å². The maximum atomic E-state index is 12.7. The number of nitrogens with zero attached hydrogens (tertiary/aromatic N) is 3. The van der Waals surface area contributed by atoms with E-state index in [1.807, 2.05) is 0 Å². The predicted octanol–water partition coefficient (Wildman–Crippen LogP) is 1.14. The van der Waals surface area contributed by atoms with Crippen molar-refractivity contribution in [2.45, 2.75) is 45.9 Å². The number of anilines is 1. The molecule has 0 saturated carbocycles. The Morgan fingerprint density at radius 2 is 1.88 bits per heavy atom. The molecule has 1 saturated heterocycles. The lowest BCUT2D eigenvalue weighted by Gasteiger charge is -2.41. The third-order valence-corrected chi connectivity index (χ3v) is 4.01. The summed E-state index contributed by atoms with van der Waals surface area (Å²) in [4.78, 5) is 23.1. The second kappa shape index (κ2) is 8.94. The van der Waals surface area contributed by atoms with Gasteiger partial charge < -0.3 is 15.4 Å². The average Bonchev–Trinajstić information content (AvgIpc) is 2.51. The fourth-order valence-corrected chi connectivity index (χ4v) is 3.19. The van der Waals surface area contributed by atoms with Crippen LogP contribution >= 0.6 is 0 Å². The number of rotatable bonds is 7. The summed E-state index contributed by atoms with van der Waals surface area (Å²) in [6.45, 7) is 11.0. The number of amides is 1. The normalized spacial score (nSPS) is 23.0. The summed E-state index contributed by atoms with van der Waals surface area (Å²) in [6.07, 6.45) is 3.67. The number of morpholine rings is 1. The molecule has 0 unspecified atom stereocenters. The van der Waals surface area contributed by atoms with Crippen LogP contribution in [0.2, 0.25) is 0 Å². The topological polar surface area (TPSA) is 79.4 Å².